The number of aromatic nitrogens is 2. The van der Waals surface area contributed by atoms with Crippen molar-refractivity contribution in [3.8, 4) is 0 Å². The minimum absolute atomic E-state index is 0.0964. The van der Waals surface area contributed by atoms with Crippen molar-refractivity contribution >= 4 is 29.5 Å². The van der Waals surface area contributed by atoms with Gasteiger partial charge in [0.15, 0.2) is 11.9 Å². The smallest absolute Gasteiger partial charge is 0.283 e. The molecular weight excluding hydrogens is 690 g/mol. The van der Waals surface area contributed by atoms with Crippen LogP contribution in [0.3, 0.4) is 0 Å². The molecule has 5 N–H and O–H groups in total. The van der Waals surface area contributed by atoms with E-state index in [0.717, 1.165) is 70.6 Å². The normalized spacial score (nSPS) is 23.8. The van der Waals surface area contributed by atoms with E-state index in [-0.39, 0.29) is 29.5 Å². The number of hydrogen-bond acceptors (Lipinski definition) is 9. The van der Waals surface area contributed by atoms with Crippen LogP contribution >= 0.6 is 0 Å². The van der Waals surface area contributed by atoms with Gasteiger partial charge in [0.25, 0.3) is 11.8 Å². The van der Waals surface area contributed by atoms with Gasteiger partial charge in [-0.05, 0) is 80.8 Å². The van der Waals surface area contributed by atoms with Gasteiger partial charge in [0.05, 0.1) is 12.2 Å². The second-order valence-electron chi connectivity index (χ2n) is 16.4. The largest absolute Gasteiger partial charge is 0.381 e. The minimum atomic E-state index is -1.59. The Morgan fingerprint density at radius 1 is 0.944 bits per heavy atom. The molecule has 0 spiro atoms. The molecule has 1 aromatic heterocycles. The van der Waals surface area contributed by atoms with Crippen molar-refractivity contribution in [2.45, 2.75) is 154 Å². The number of fused-ring (bicyclic) bond motifs is 1. The topological polar surface area (TPSA) is 192 Å². The van der Waals surface area contributed by atoms with Gasteiger partial charge >= 0.3 is 0 Å². The van der Waals surface area contributed by atoms with Crippen LogP contribution in [-0.4, -0.2) is 85.8 Å². The number of aliphatic hydroxyl groups is 1. The Morgan fingerprint density at radius 2 is 1.69 bits per heavy atom. The van der Waals surface area contributed by atoms with E-state index in [4.69, 9.17) is 4.84 Å². The summed E-state index contributed by atoms with van der Waals surface area (Å²) in [4.78, 5) is 84.9. The number of nitrogens with one attached hydrogen (secondary N) is 4. The highest BCUT2D eigenvalue weighted by molar-refractivity contribution is 5.98. The van der Waals surface area contributed by atoms with Crippen LogP contribution in [0.5, 0.6) is 0 Å². The Kier molecular flexibility index (Phi) is 14.2. The van der Waals surface area contributed by atoms with E-state index in [1.807, 2.05) is 39.8 Å². The SMILES string of the molecule is CCC[C@H](NC(=O)C1CC2CCCCC2N1C(=O)[C@@H](NC(=O)C(NC(=O)c1cnccn1)C1CCCCC1)C(C)(C)C)C(O)C(=O)NOC1=CCCC=C1. The Balaban J connectivity index is 1.35. The molecule has 5 unspecified atom stereocenters. The van der Waals surface area contributed by atoms with E-state index < -0.39 is 59.3 Å². The third-order valence-corrected chi connectivity index (χ3v) is 11.3. The average molecular weight is 750 g/mol. The van der Waals surface area contributed by atoms with Crippen molar-refractivity contribution in [3.05, 3.63) is 48.3 Å². The number of hydroxylamine groups is 1. The van der Waals surface area contributed by atoms with Crippen molar-refractivity contribution in [2.24, 2.45) is 17.3 Å². The van der Waals surface area contributed by atoms with E-state index in [2.05, 4.69) is 31.4 Å². The van der Waals surface area contributed by atoms with E-state index in [1.165, 1.54) is 18.6 Å². The number of carbonyl (C=O) groups is 5. The molecule has 2 saturated carbocycles. The second-order valence-corrected chi connectivity index (χ2v) is 16.4. The Hall–Kier alpha value is -4.33. The summed E-state index contributed by atoms with van der Waals surface area (Å²) >= 11 is 0. The molecule has 14 nitrogen and oxygen atoms in total. The number of rotatable bonds is 14. The summed E-state index contributed by atoms with van der Waals surface area (Å²) in [5.41, 5.74) is 1.65. The maximum absolute atomic E-state index is 14.9. The van der Waals surface area contributed by atoms with Gasteiger partial charge in [0.2, 0.25) is 17.7 Å². The summed E-state index contributed by atoms with van der Waals surface area (Å²) in [5.74, 6) is -2.11. The highest BCUT2D eigenvalue weighted by Crippen LogP contribution is 2.41. The predicted molar refractivity (Wildman–Crippen MR) is 201 cm³/mol. The molecule has 296 valence electrons. The standard InChI is InChI=1S/C40H59N7O7/c1-5-14-28(33(48)38(52)46-54-27-18-10-7-11-19-27)43-36(50)31-23-26-17-12-13-20-30(26)47(31)39(53)34(40(2,3)4)45-37(51)32(25-15-8-6-9-16-25)44-35(49)29-24-41-21-22-42-29/h10,18-19,21-22,24-26,28,30-34,48H,5-9,11-17,20,23H2,1-4H3,(H,43,50)(H,44,49)(H,45,51)(H,46,52)/t26?,28-,30?,31?,32?,33?,34+/m0/s1. The van der Waals surface area contributed by atoms with Crippen LogP contribution in [0.25, 0.3) is 0 Å². The van der Waals surface area contributed by atoms with Crippen molar-refractivity contribution in [1.29, 1.82) is 0 Å². The fourth-order valence-electron chi connectivity index (χ4n) is 8.45. The molecule has 4 aliphatic rings. The molecule has 1 aliphatic heterocycles. The molecule has 14 heteroatoms. The van der Waals surface area contributed by atoms with Crippen LogP contribution in [0.2, 0.25) is 0 Å². The monoisotopic (exact) mass is 749 g/mol. The van der Waals surface area contributed by atoms with Gasteiger partial charge in [-0.1, -0.05) is 72.3 Å². The average Bonchev–Trinajstić information content (AvgIpc) is 3.58. The van der Waals surface area contributed by atoms with Crippen LogP contribution in [0.15, 0.2) is 42.6 Å². The number of hydrogen-bond donors (Lipinski definition) is 5. The number of allylic oxidation sites excluding steroid dienone is 3. The summed E-state index contributed by atoms with van der Waals surface area (Å²) < 4.78 is 0. The molecule has 5 amide bonds. The molecule has 1 aromatic rings. The molecule has 3 aliphatic carbocycles. The third-order valence-electron chi connectivity index (χ3n) is 11.3. The van der Waals surface area contributed by atoms with Crippen LogP contribution in [0.4, 0.5) is 0 Å². The van der Waals surface area contributed by atoms with E-state index >= 15 is 0 Å². The molecule has 2 heterocycles. The van der Waals surface area contributed by atoms with Gasteiger partial charge in [0, 0.05) is 18.4 Å². The number of likely N-dealkylation sites (tertiary alicyclic amines) is 1. The maximum atomic E-state index is 14.9. The van der Waals surface area contributed by atoms with Crippen LogP contribution in [0, 0.1) is 17.3 Å². The first-order valence-corrected chi connectivity index (χ1v) is 19.9. The van der Waals surface area contributed by atoms with Crippen LogP contribution in [0.1, 0.15) is 128 Å². The lowest BCUT2D eigenvalue weighted by atomic mass is 9.81. The Labute approximate surface area is 318 Å². The van der Waals surface area contributed by atoms with Gasteiger partial charge in [-0.2, -0.15) is 5.48 Å². The first kappa shape index (κ1) is 40.8. The molecule has 0 aromatic carbocycles. The molecule has 3 fully saturated rings. The number of carbonyl (C=O) groups excluding carboxylic acids is 5. The fraction of sp³-hybridized carbons (Fsp3) is 0.675. The third kappa shape index (κ3) is 10.2. The molecule has 5 rings (SSSR count). The molecule has 1 saturated heterocycles. The lowest BCUT2D eigenvalue weighted by Gasteiger charge is -2.40. The molecule has 0 bridgehead atoms. The summed E-state index contributed by atoms with van der Waals surface area (Å²) in [7, 11) is 0. The summed E-state index contributed by atoms with van der Waals surface area (Å²) in [6.45, 7) is 7.52. The second kappa shape index (κ2) is 18.8. The predicted octanol–water partition coefficient (Wildman–Crippen LogP) is 3.77. The molecular formula is C40H59N7O7. The zero-order chi connectivity index (χ0) is 38.8. The first-order chi connectivity index (χ1) is 25.9. The van der Waals surface area contributed by atoms with Crippen molar-refractivity contribution in [3.63, 3.8) is 0 Å². The first-order valence-electron chi connectivity index (χ1n) is 19.9. The zero-order valence-electron chi connectivity index (χ0n) is 32.2. The Morgan fingerprint density at radius 3 is 2.35 bits per heavy atom. The van der Waals surface area contributed by atoms with Gasteiger partial charge in [-0.25, -0.2) is 4.98 Å². The molecule has 54 heavy (non-hydrogen) atoms. The van der Waals surface area contributed by atoms with Crippen molar-refractivity contribution in [1.82, 2.24) is 36.3 Å². The fourth-order valence-corrected chi connectivity index (χ4v) is 8.45. The van der Waals surface area contributed by atoms with Gasteiger partial charge in [0.1, 0.15) is 23.8 Å². The Bertz CT molecular complexity index is 1540. The highest BCUT2D eigenvalue weighted by Gasteiger charge is 2.51. The lowest BCUT2D eigenvalue weighted by molar-refractivity contribution is -0.148. The van der Waals surface area contributed by atoms with Crippen LogP contribution < -0.4 is 21.4 Å². The number of nitrogens with zero attached hydrogens (tertiary/aromatic N) is 3. The quantitative estimate of drug-likeness (QED) is 0.176. The van der Waals surface area contributed by atoms with E-state index in [9.17, 15) is 29.1 Å². The number of aliphatic hydroxyl groups excluding tert-OH is 1. The van der Waals surface area contributed by atoms with Crippen molar-refractivity contribution < 1.29 is 33.9 Å². The minimum Gasteiger partial charge on any atom is -0.381 e. The summed E-state index contributed by atoms with van der Waals surface area (Å²) in [5, 5.41) is 20.0. The van der Waals surface area contributed by atoms with Crippen molar-refractivity contribution in [2.75, 3.05) is 0 Å². The van der Waals surface area contributed by atoms with E-state index in [0.29, 0.717) is 25.0 Å². The van der Waals surface area contributed by atoms with Gasteiger partial charge in [-0.3, -0.25) is 29.0 Å². The lowest BCUT2D eigenvalue weighted by Crippen LogP contribution is -2.63. The van der Waals surface area contributed by atoms with Gasteiger partial charge < -0.3 is 30.8 Å². The molecule has 7 atom stereocenters. The van der Waals surface area contributed by atoms with E-state index in [1.54, 1.807) is 11.0 Å². The highest BCUT2D eigenvalue weighted by atomic mass is 16.7. The maximum Gasteiger partial charge on any atom is 0.283 e. The number of amides is 5. The summed E-state index contributed by atoms with van der Waals surface area (Å²) in [6, 6.07) is -3.88. The summed E-state index contributed by atoms with van der Waals surface area (Å²) in [6.07, 6.45) is 19.1. The zero-order valence-corrected chi connectivity index (χ0v) is 32.2. The molecule has 0 radical (unpaired) electrons. The van der Waals surface area contributed by atoms with Gasteiger partial charge in [-0.15, -0.1) is 0 Å². The van der Waals surface area contributed by atoms with Crippen LogP contribution in [-0.2, 0) is 24.0 Å².